The molecule has 0 fully saturated rings. The zero-order chi connectivity index (χ0) is 13.9. The first-order valence-corrected chi connectivity index (χ1v) is 7.02. The number of halogens is 1. The monoisotopic (exact) mass is 282 g/mol. The van der Waals surface area contributed by atoms with Crippen LogP contribution in [-0.4, -0.2) is 5.11 Å². The lowest BCUT2D eigenvalue weighted by molar-refractivity contribution is 0.178. The highest BCUT2D eigenvalue weighted by atomic mass is 35.5. The van der Waals surface area contributed by atoms with E-state index in [1.165, 1.54) is 10.8 Å². The van der Waals surface area contributed by atoms with Gasteiger partial charge >= 0.3 is 0 Å². The molecule has 1 atom stereocenters. The molecule has 0 aliphatic carbocycles. The van der Waals surface area contributed by atoms with Gasteiger partial charge in [-0.05, 0) is 28.0 Å². The van der Waals surface area contributed by atoms with Gasteiger partial charge in [0.15, 0.2) is 0 Å². The van der Waals surface area contributed by atoms with Gasteiger partial charge in [-0.3, -0.25) is 0 Å². The van der Waals surface area contributed by atoms with E-state index in [0.717, 1.165) is 11.1 Å². The molecule has 1 unspecified atom stereocenters. The van der Waals surface area contributed by atoms with E-state index >= 15 is 0 Å². The molecule has 3 aromatic rings. The third-order valence-electron chi connectivity index (χ3n) is 3.51. The Labute approximate surface area is 123 Å². The molecule has 0 saturated carbocycles. The van der Waals surface area contributed by atoms with Gasteiger partial charge in [0.25, 0.3) is 0 Å². The largest absolute Gasteiger partial charge is 0.388 e. The average Bonchev–Trinajstić information content (AvgIpc) is 2.47. The van der Waals surface area contributed by atoms with Crippen LogP contribution in [-0.2, 0) is 6.42 Å². The van der Waals surface area contributed by atoms with E-state index in [4.69, 9.17) is 11.6 Å². The van der Waals surface area contributed by atoms with E-state index in [-0.39, 0.29) is 0 Å². The van der Waals surface area contributed by atoms with Crippen molar-refractivity contribution in [1.29, 1.82) is 0 Å². The van der Waals surface area contributed by atoms with Crippen LogP contribution in [0.3, 0.4) is 0 Å². The number of aliphatic hydroxyl groups is 1. The number of rotatable bonds is 3. The summed E-state index contributed by atoms with van der Waals surface area (Å²) in [5.41, 5.74) is 1.89. The molecule has 3 rings (SSSR count). The molecule has 1 N–H and O–H groups in total. The van der Waals surface area contributed by atoms with Crippen molar-refractivity contribution < 1.29 is 5.11 Å². The zero-order valence-corrected chi connectivity index (χ0v) is 11.7. The fourth-order valence-corrected chi connectivity index (χ4v) is 2.71. The smallest absolute Gasteiger partial charge is 0.0844 e. The van der Waals surface area contributed by atoms with Crippen LogP contribution in [0.1, 0.15) is 17.2 Å². The van der Waals surface area contributed by atoms with Crippen molar-refractivity contribution in [1.82, 2.24) is 0 Å². The first-order chi connectivity index (χ1) is 9.74. The number of benzene rings is 3. The molecule has 0 aromatic heterocycles. The van der Waals surface area contributed by atoms with Crippen LogP contribution in [0.2, 0.25) is 5.02 Å². The lowest BCUT2D eigenvalue weighted by Crippen LogP contribution is -2.02. The predicted octanol–water partition coefficient (Wildman–Crippen LogP) is 4.77. The predicted molar refractivity (Wildman–Crippen MR) is 84.1 cm³/mol. The quantitative estimate of drug-likeness (QED) is 0.734. The molecule has 0 aliphatic heterocycles. The Bertz CT molecular complexity index is 736. The Morgan fingerprint density at radius 1 is 0.850 bits per heavy atom. The summed E-state index contributed by atoms with van der Waals surface area (Å²) in [7, 11) is 0. The Morgan fingerprint density at radius 2 is 1.55 bits per heavy atom. The van der Waals surface area contributed by atoms with Gasteiger partial charge in [-0.2, -0.15) is 0 Å². The summed E-state index contributed by atoms with van der Waals surface area (Å²) in [5.74, 6) is 0. The number of fused-ring (bicyclic) bond motifs is 1. The van der Waals surface area contributed by atoms with Crippen LogP contribution < -0.4 is 0 Å². The van der Waals surface area contributed by atoms with Crippen LogP contribution >= 0.6 is 11.6 Å². The second-order valence-electron chi connectivity index (χ2n) is 4.92. The molecule has 1 nitrogen and oxygen atoms in total. The maximum Gasteiger partial charge on any atom is 0.0844 e. The van der Waals surface area contributed by atoms with Gasteiger partial charge in [0.05, 0.1) is 6.10 Å². The fraction of sp³-hybridized carbons (Fsp3) is 0.111. The summed E-state index contributed by atoms with van der Waals surface area (Å²) in [4.78, 5) is 0. The molecule has 3 aromatic carbocycles. The third-order valence-corrected chi connectivity index (χ3v) is 3.85. The number of hydrogen-bond donors (Lipinski definition) is 1. The summed E-state index contributed by atoms with van der Waals surface area (Å²) in [5, 5.41) is 13.4. The molecule has 0 aliphatic rings. The van der Waals surface area contributed by atoms with E-state index in [1.54, 1.807) is 6.07 Å². The minimum absolute atomic E-state index is 0.564. The molecule has 20 heavy (non-hydrogen) atoms. The van der Waals surface area contributed by atoms with Crippen LogP contribution in [0.15, 0.2) is 66.7 Å². The van der Waals surface area contributed by atoms with Crippen molar-refractivity contribution in [3.63, 3.8) is 0 Å². The van der Waals surface area contributed by atoms with Crippen molar-refractivity contribution >= 4 is 22.4 Å². The first kappa shape index (κ1) is 13.2. The minimum atomic E-state index is -0.579. The lowest BCUT2D eigenvalue weighted by atomic mass is 9.99. The third kappa shape index (κ3) is 2.69. The highest BCUT2D eigenvalue weighted by Gasteiger charge is 2.11. The van der Waals surface area contributed by atoms with Crippen molar-refractivity contribution in [3.05, 3.63) is 82.9 Å². The summed E-state index contributed by atoms with van der Waals surface area (Å²) < 4.78 is 0. The molecule has 0 saturated heterocycles. The maximum absolute atomic E-state index is 10.3. The Morgan fingerprint density at radius 3 is 2.35 bits per heavy atom. The second kappa shape index (κ2) is 5.66. The van der Waals surface area contributed by atoms with Crippen LogP contribution in [0, 0.1) is 0 Å². The molecular weight excluding hydrogens is 268 g/mol. The van der Waals surface area contributed by atoms with Gasteiger partial charge in [0, 0.05) is 11.4 Å². The summed E-state index contributed by atoms with van der Waals surface area (Å²) in [6.45, 7) is 0. The number of aliphatic hydroxyl groups excluding tert-OH is 1. The molecule has 0 bridgehead atoms. The van der Waals surface area contributed by atoms with Gasteiger partial charge < -0.3 is 5.11 Å². The van der Waals surface area contributed by atoms with Crippen LogP contribution in [0.5, 0.6) is 0 Å². The topological polar surface area (TPSA) is 20.2 Å². The molecular formula is C18H15ClO. The van der Waals surface area contributed by atoms with E-state index in [2.05, 4.69) is 30.3 Å². The standard InChI is InChI=1S/C18H15ClO/c19-17-8-4-3-7-16(17)18(20)12-13-9-10-14-5-1-2-6-15(14)11-13/h1-11,18,20H,12H2. The van der Waals surface area contributed by atoms with Gasteiger partial charge in [0.2, 0.25) is 0 Å². The molecule has 2 heteroatoms. The van der Waals surface area contributed by atoms with Gasteiger partial charge in [0.1, 0.15) is 0 Å². The van der Waals surface area contributed by atoms with Crippen molar-refractivity contribution in [2.24, 2.45) is 0 Å². The normalized spacial score (nSPS) is 12.5. The van der Waals surface area contributed by atoms with Gasteiger partial charge in [-0.25, -0.2) is 0 Å². The highest BCUT2D eigenvalue weighted by Crippen LogP contribution is 2.26. The second-order valence-corrected chi connectivity index (χ2v) is 5.33. The Balaban J connectivity index is 1.87. The SMILES string of the molecule is OC(Cc1ccc2ccccc2c1)c1ccccc1Cl. The molecule has 0 amide bonds. The Hall–Kier alpha value is -1.83. The molecule has 100 valence electrons. The van der Waals surface area contributed by atoms with Crippen molar-refractivity contribution in [3.8, 4) is 0 Å². The summed E-state index contributed by atoms with van der Waals surface area (Å²) in [6, 6.07) is 21.9. The van der Waals surface area contributed by atoms with Crippen molar-refractivity contribution in [2.45, 2.75) is 12.5 Å². The van der Waals surface area contributed by atoms with Crippen molar-refractivity contribution in [2.75, 3.05) is 0 Å². The summed E-state index contributed by atoms with van der Waals surface area (Å²) in [6.07, 6.45) is -0.0148. The number of hydrogen-bond acceptors (Lipinski definition) is 1. The molecule has 0 spiro atoms. The zero-order valence-electron chi connectivity index (χ0n) is 11.0. The minimum Gasteiger partial charge on any atom is -0.388 e. The lowest BCUT2D eigenvalue weighted by Gasteiger charge is -2.13. The molecule has 0 heterocycles. The van der Waals surface area contributed by atoms with Crippen LogP contribution in [0.4, 0.5) is 0 Å². The van der Waals surface area contributed by atoms with E-state index in [9.17, 15) is 5.11 Å². The van der Waals surface area contributed by atoms with Crippen LogP contribution in [0.25, 0.3) is 10.8 Å². The maximum atomic E-state index is 10.3. The molecule has 0 radical (unpaired) electrons. The first-order valence-electron chi connectivity index (χ1n) is 6.64. The van der Waals surface area contributed by atoms with E-state index < -0.39 is 6.10 Å². The van der Waals surface area contributed by atoms with Gasteiger partial charge in [-0.1, -0.05) is 72.3 Å². The van der Waals surface area contributed by atoms with E-state index in [1.807, 2.05) is 30.3 Å². The van der Waals surface area contributed by atoms with E-state index in [0.29, 0.717) is 11.4 Å². The Kier molecular flexibility index (Phi) is 3.72. The summed E-state index contributed by atoms with van der Waals surface area (Å²) >= 11 is 6.12. The highest BCUT2D eigenvalue weighted by molar-refractivity contribution is 6.31. The van der Waals surface area contributed by atoms with Gasteiger partial charge in [-0.15, -0.1) is 0 Å². The average molecular weight is 283 g/mol. The fourth-order valence-electron chi connectivity index (χ4n) is 2.44.